The zero-order valence-electron chi connectivity index (χ0n) is 12.9. The van der Waals surface area contributed by atoms with Crippen LogP contribution in [-0.2, 0) is 0 Å². The fraction of sp³-hybridized carbons (Fsp3) is 0.250. The minimum atomic E-state index is -0.00432. The van der Waals surface area contributed by atoms with Crippen LogP contribution in [0.25, 0.3) is 0 Å². The molecule has 3 rings (SSSR count). The average molecular weight is 345 g/mol. The fourth-order valence-corrected chi connectivity index (χ4v) is 2.73. The van der Waals surface area contributed by atoms with E-state index in [-0.39, 0.29) is 11.4 Å². The smallest absolute Gasteiger partial charge is 0.253 e. The van der Waals surface area contributed by atoms with Crippen molar-refractivity contribution in [3.05, 3.63) is 52.5 Å². The first-order chi connectivity index (χ1) is 11.6. The first-order valence-corrected chi connectivity index (χ1v) is 7.91. The van der Waals surface area contributed by atoms with Crippen LogP contribution in [0.5, 0.6) is 0 Å². The van der Waals surface area contributed by atoms with E-state index in [1.165, 1.54) is 4.68 Å². The Morgan fingerprint density at radius 1 is 1.08 bits per heavy atom. The highest BCUT2D eigenvalue weighted by Gasteiger charge is 2.23. The molecule has 2 N–H and O–H groups in total. The molecule has 2 heterocycles. The number of anilines is 1. The van der Waals surface area contributed by atoms with Crippen LogP contribution in [0, 0.1) is 10.8 Å². The lowest BCUT2D eigenvalue weighted by molar-refractivity contribution is 0.0746. The van der Waals surface area contributed by atoms with Crippen LogP contribution in [0.15, 0.2) is 36.4 Å². The van der Waals surface area contributed by atoms with Gasteiger partial charge in [-0.3, -0.25) is 15.6 Å². The number of amides is 1. The van der Waals surface area contributed by atoms with Gasteiger partial charge in [0.2, 0.25) is 0 Å². The Kier molecular flexibility index (Phi) is 4.61. The molecule has 124 valence electrons. The van der Waals surface area contributed by atoms with Crippen molar-refractivity contribution in [1.82, 2.24) is 14.7 Å². The zero-order chi connectivity index (χ0) is 17.1. The van der Waals surface area contributed by atoms with Gasteiger partial charge in [0.15, 0.2) is 0 Å². The molecule has 1 amide bonds. The molecule has 0 saturated carbocycles. The summed E-state index contributed by atoms with van der Waals surface area (Å²) in [4.78, 5) is 16.3. The van der Waals surface area contributed by atoms with E-state index in [0.717, 1.165) is 6.34 Å². The first-order valence-electron chi connectivity index (χ1n) is 7.53. The predicted octanol–water partition coefficient (Wildman–Crippen LogP) is 1.43. The number of nitrogens with one attached hydrogen (secondary N) is 2. The normalized spacial score (nSPS) is 14.5. The third-order valence-corrected chi connectivity index (χ3v) is 4.20. The third-order valence-electron chi connectivity index (χ3n) is 3.95. The summed E-state index contributed by atoms with van der Waals surface area (Å²) >= 11 is 5.86. The van der Waals surface area contributed by atoms with Crippen molar-refractivity contribution >= 4 is 29.7 Å². The van der Waals surface area contributed by atoms with Crippen LogP contribution in [0.2, 0.25) is 5.02 Å². The van der Waals surface area contributed by atoms with Gasteiger partial charge in [-0.1, -0.05) is 11.6 Å². The number of piperazine rings is 1. The van der Waals surface area contributed by atoms with Gasteiger partial charge in [-0.15, -0.1) is 5.10 Å². The molecular weight excluding hydrogens is 328 g/mol. The van der Waals surface area contributed by atoms with E-state index >= 15 is 0 Å². The molecule has 1 aromatic heterocycles. The Bertz CT molecular complexity index is 808. The van der Waals surface area contributed by atoms with Crippen molar-refractivity contribution in [2.75, 3.05) is 31.1 Å². The number of aromatic nitrogens is 2. The molecule has 0 bridgehead atoms. The highest BCUT2D eigenvalue weighted by Crippen LogP contribution is 2.15. The number of rotatable bonds is 3. The molecule has 1 aliphatic heterocycles. The summed E-state index contributed by atoms with van der Waals surface area (Å²) in [6.07, 6.45) is 1.01. The van der Waals surface area contributed by atoms with Gasteiger partial charge in [0.1, 0.15) is 17.6 Å². The van der Waals surface area contributed by atoms with Gasteiger partial charge >= 0.3 is 0 Å². The van der Waals surface area contributed by atoms with Crippen LogP contribution >= 0.6 is 11.6 Å². The highest BCUT2D eigenvalue weighted by molar-refractivity contribution is 6.30. The topological polar surface area (TPSA) is 89.1 Å². The molecule has 0 spiro atoms. The lowest BCUT2D eigenvalue weighted by Gasteiger charge is -2.35. The Hall–Kier alpha value is -2.67. The minimum Gasteiger partial charge on any atom is -0.352 e. The van der Waals surface area contributed by atoms with Gasteiger partial charge in [-0.05, 0) is 36.4 Å². The van der Waals surface area contributed by atoms with E-state index in [4.69, 9.17) is 22.4 Å². The average Bonchev–Trinajstić information content (AvgIpc) is 2.62. The number of hydrogen-bond acceptors (Lipinski definition) is 5. The molecule has 2 aromatic rings. The summed E-state index contributed by atoms with van der Waals surface area (Å²) in [5, 5.41) is 19.8. The molecule has 0 aliphatic carbocycles. The molecule has 0 radical (unpaired) electrons. The standard InChI is InChI=1S/C16H17ClN6O/c17-13-3-1-12(2-4-13)16(24)22-9-7-21(8-10-22)15-6-5-14(19)23(11-18)20-15/h1-6,11,18-19H,7-10H2. The number of carbonyl (C=O) groups excluding carboxylic acids is 1. The summed E-state index contributed by atoms with van der Waals surface area (Å²) in [6.45, 7) is 2.50. The summed E-state index contributed by atoms with van der Waals surface area (Å²) in [7, 11) is 0. The number of halogens is 1. The first kappa shape index (κ1) is 16.2. The van der Waals surface area contributed by atoms with Gasteiger partial charge in [0.25, 0.3) is 5.91 Å². The Morgan fingerprint density at radius 3 is 2.38 bits per heavy atom. The van der Waals surface area contributed by atoms with E-state index in [9.17, 15) is 4.79 Å². The van der Waals surface area contributed by atoms with Gasteiger partial charge in [0, 0.05) is 36.8 Å². The summed E-state index contributed by atoms with van der Waals surface area (Å²) < 4.78 is 1.21. The number of carbonyl (C=O) groups is 1. The van der Waals surface area contributed by atoms with Crippen molar-refractivity contribution in [2.45, 2.75) is 0 Å². The Morgan fingerprint density at radius 2 is 1.75 bits per heavy atom. The van der Waals surface area contributed by atoms with Gasteiger partial charge < -0.3 is 9.80 Å². The molecule has 1 aromatic carbocycles. The number of nitrogens with zero attached hydrogens (tertiary/aromatic N) is 4. The third kappa shape index (κ3) is 3.30. The van der Waals surface area contributed by atoms with E-state index in [1.807, 2.05) is 9.80 Å². The zero-order valence-corrected chi connectivity index (χ0v) is 13.7. The summed E-state index contributed by atoms with van der Waals surface area (Å²) in [6, 6.07) is 10.3. The molecule has 24 heavy (non-hydrogen) atoms. The van der Waals surface area contributed by atoms with Crippen LogP contribution in [-0.4, -0.2) is 53.1 Å². The monoisotopic (exact) mass is 344 g/mol. The molecule has 7 nitrogen and oxygen atoms in total. The highest BCUT2D eigenvalue weighted by atomic mass is 35.5. The molecule has 0 atom stereocenters. The predicted molar refractivity (Wildman–Crippen MR) is 91.8 cm³/mol. The molecule has 8 heteroatoms. The van der Waals surface area contributed by atoms with Gasteiger partial charge in [-0.2, -0.15) is 0 Å². The maximum atomic E-state index is 12.5. The van der Waals surface area contributed by atoms with Crippen molar-refractivity contribution in [2.24, 2.45) is 0 Å². The largest absolute Gasteiger partial charge is 0.352 e. The van der Waals surface area contributed by atoms with Crippen molar-refractivity contribution in [1.29, 1.82) is 10.8 Å². The SMILES string of the molecule is N=Cn1nc(N2CCN(C(=O)c3ccc(Cl)cc3)CC2)ccc1=N. The lowest BCUT2D eigenvalue weighted by Crippen LogP contribution is -2.49. The van der Waals surface area contributed by atoms with E-state index in [1.54, 1.807) is 36.4 Å². The minimum absolute atomic E-state index is 0.00432. The lowest BCUT2D eigenvalue weighted by atomic mass is 10.2. The maximum Gasteiger partial charge on any atom is 0.253 e. The summed E-state index contributed by atoms with van der Waals surface area (Å²) in [5.41, 5.74) is 0.788. The van der Waals surface area contributed by atoms with Crippen LogP contribution in [0.3, 0.4) is 0 Å². The van der Waals surface area contributed by atoms with Gasteiger partial charge in [-0.25, -0.2) is 4.68 Å². The Labute approximate surface area is 144 Å². The molecule has 1 fully saturated rings. The van der Waals surface area contributed by atoms with Gasteiger partial charge in [0.05, 0.1) is 0 Å². The van der Waals surface area contributed by atoms with Crippen LogP contribution in [0.1, 0.15) is 10.4 Å². The van der Waals surface area contributed by atoms with E-state index in [2.05, 4.69) is 5.10 Å². The van der Waals surface area contributed by atoms with Crippen molar-refractivity contribution in [3.8, 4) is 0 Å². The molecule has 1 saturated heterocycles. The van der Waals surface area contributed by atoms with E-state index in [0.29, 0.717) is 42.6 Å². The second kappa shape index (κ2) is 6.84. The second-order valence-corrected chi connectivity index (χ2v) is 5.87. The summed E-state index contributed by atoms with van der Waals surface area (Å²) in [5.74, 6) is 0.698. The van der Waals surface area contributed by atoms with Crippen LogP contribution < -0.4 is 10.4 Å². The maximum absolute atomic E-state index is 12.5. The molecular formula is C16H17ClN6O. The molecule has 1 aliphatic rings. The quantitative estimate of drug-likeness (QED) is 0.652. The Balaban J connectivity index is 1.67. The number of hydrogen-bond donors (Lipinski definition) is 2. The van der Waals surface area contributed by atoms with E-state index < -0.39 is 0 Å². The molecule has 0 unspecified atom stereocenters. The van der Waals surface area contributed by atoms with Crippen molar-refractivity contribution < 1.29 is 4.79 Å². The fourth-order valence-electron chi connectivity index (χ4n) is 2.61. The van der Waals surface area contributed by atoms with Crippen LogP contribution in [0.4, 0.5) is 5.82 Å². The second-order valence-electron chi connectivity index (χ2n) is 5.44. The van der Waals surface area contributed by atoms with Crippen molar-refractivity contribution in [3.63, 3.8) is 0 Å². The number of benzene rings is 1.